The summed E-state index contributed by atoms with van der Waals surface area (Å²) in [7, 11) is 0. The summed E-state index contributed by atoms with van der Waals surface area (Å²) < 4.78 is 0. The van der Waals surface area contributed by atoms with Crippen molar-refractivity contribution in [2.24, 2.45) is 5.73 Å². The van der Waals surface area contributed by atoms with Crippen molar-refractivity contribution in [1.82, 2.24) is 10.2 Å². The third-order valence-corrected chi connectivity index (χ3v) is 2.99. The molecule has 0 spiro atoms. The van der Waals surface area contributed by atoms with Crippen molar-refractivity contribution in [2.75, 3.05) is 19.6 Å². The maximum absolute atomic E-state index is 11.5. The molecule has 1 saturated heterocycles. The first-order chi connectivity index (χ1) is 7.15. The quantitative estimate of drug-likeness (QED) is 0.707. The molecule has 1 rings (SSSR count). The van der Waals surface area contributed by atoms with Gasteiger partial charge in [0, 0.05) is 18.6 Å². The van der Waals surface area contributed by atoms with E-state index in [9.17, 15) is 4.79 Å². The van der Waals surface area contributed by atoms with E-state index in [1.807, 2.05) is 13.8 Å². The molecule has 2 atom stereocenters. The number of likely N-dealkylation sites (tertiary alicyclic amines) is 1. The van der Waals surface area contributed by atoms with E-state index in [-0.39, 0.29) is 11.9 Å². The number of amides is 1. The molecule has 1 amide bonds. The van der Waals surface area contributed by atoms with Gasteiger partial charge in [-0.25, -0.2) is 0 Å². The number of hydrogen-bond donors (Lipinski definition) is 2. The van der Waals surface area contributed by atoms with Crippen LogP contribution in [0.4, 0.5) is 0 Å². The summed E-state index contributed by atoms with van der Waals surface area (Å²) in [5.74, 6) is 0.116. The lowest BCUT2D eigenvalue weighted by Crippen LogP contribution is -2.52. The van der Waals surface area contributed by atoms with Crippen molar-refractivity contribution in [3.8, 4) is 0 Å². The Morgan fingerprint density at radius 2 is 2.33 bits per heavy atom. The minimum absolute atomic E-state index is 0.116. The first-order valence-electron chi connectivity index (χ1n) is 5.91. The number of nitrogens with one attached hydrogen (secondary N) is 1. The second kappa shape index (κ2) is 6.08. The molecule has 1 aliphatic heterocycles. The third-order valence-electron chi connectivity index (χ3n) is 2.99. The van der Waals surface area contributed by atoms with Crippen molar-refractivity contribution in [1.29, 1.82) is 0 Å². The van der Waals surface area contributed by atoms with Gasteiger partial charge in [-0.05, 0) is 33.2 Å². The van der Waals surface area contributed by atoms with Crippen molar-refractivity contribution in [2.45, 2.75) is 45.2 Å². The molecule has 0 bridgehead atoms. The molecule has 3 N–H and O–H groups in total. The summed E-state index contributed by atoms with van der Waals surface area (Å²) in [5.41, 5.74) is 5.93. The zero-order chi connectivity index (χ0) is 11.3. The van der Waals surface area contributed by atoms with Crippen LogP contribution < -0.4 is 11.1 Å². The SMILES string of the molecule is CCNC(=O)CN1CCCCC1C(C)N. The average molecular weight is 213 g/mol. The van der Waals surface area contributed by atoms with Gasteiger partial charge in [0.05, 0.1) is 6.54 Å². The highest BCUT2D eigenvalue weighted by atomic mass is 16.2. The summed E-state index contributed by atoms with van der Waals surface area (Å²) in [6.45, 7) is 6.18. The minimum atomic E-state index is 0.116. The maximum Gasteiger partial charge on any atom is 0.234 e. The third kappa shape index (κ3) is 3.80. The van der Waals surface area contributed by atoms with Gasteiger partial charge in [-0.15, -0.1) is 0 Å². The van der Waals surface area contributed by atoms with Crippen molar-refractivity contribution in [3.63, 3.8) is 0 Å². The van der Waals surface area contributed by atoms with Gasteiger partial charge in [0.15, 0.2) is 0 Å². The predicted molar refractivity (Wildman–Crippen MR) is 61.5 cm³/mol. The van der Waals surface area contributed by atoms with Crippen LogP contribution >= 0.6 is 0 Å². The molecule has 0 aliphatic carbocycles. The normalized spacial score (nSPS) is 24.9. The Hall–Kier alpha value is -0.610. The van der Waals surface area contributed by atoms with Crippen LogP contribution in [-0.4, -0.2) is 42.5 Å². The fourth-order valence-electron chi connectivity index (χ4n) is 2.25. The largest absolute Gasteiger partial charge is 0.355 e. The Balaban J connectivity index is 2.45. The number of hydrogen-bond acceptors (Lipinski definition) is 3. The van der Waals surface area contributed by atoms with Gasteiger partial charge in [0.25, 0.3) is 0 Å². The van der Waals surface area contributed by atoms with E-state index in [1.165, 1.54) is 12.8 Å². The lowest BCUT2D eigenvalue weighted by molar-refractivity contribution is -0.123. The number of nitrogens with zero attached hydrogens (tertiary/aromatic N) is 1. The highest BCUT2D eigenvalue weighted by molar-refractivity contribution is 5.78. The molecule has 0 aromatic carbocycles. The summed E-state index contributed by atoms with van der Waals surface area (Å²) in [5, 5.41) is 2.83. The van der Waals surface area contributed by atoms with Crippen LogP contribution in [0.5, 0.6) is 0 Å². The van der Waals surface area contributed by atoms with E-state index < -0.39 is 0 Å². The summed E-state index contributed by atoms with van der Waals surface area (Å²) in [6, 6.07) is 0.529. The molecule has 4 nitrogen and oxygen atoms in total. The second-order valence-electron chi connectivity index (χ2n) is 4.35. The molecular formula is C11H23N3O. The van der Waals surface area contributed by atoms with Gasteiger partial charge in [-0.2, -0.15) is 0 Å². The van der Waals surface area contributed by atoms with Gasteiger partial charge in [-0.3, -0.25) is 9.69 Å². The Bertz CT molecular complexity index is 206. The number of likely N-dealkylation sites (N-methyl/N-ethyl adjacent to an activating group) is 1. The van der Waals surface area contributed by atoms with Crippen LogP contribution in [-0.2, 0) is 4.79 Å². The minimum Gasteiger partial charge on any atom is -0.355 e. The Morgan fingerprint density at radius 3 is 2.93 bits per heavy atom. The smallest absolute Gasteiger partial charge is 0.234 e. The Kier molecular flexibility index (Phi) is 5.05. The molecule has 88 valence electrons. The molecule has 0 radical (unpaired) electrons. The van der Waals surface area contributed by atoms with E-state index in [2.05, 4.69) is 10.2 Å². The monoisotopic (exact) mass is 213 g/mol. The molecule has 4 heteroatoms. The molecule has 15 heavy (non-hydrogen) atoms. The van der Waals surface area contributed by atoms with E-state index in [0.717, 1.165) is 13.0 Å². The van der Waals surface area contributed by atoms with Crippen molar-refractivity contribution < 1.29 is 4.79 Å². The van der Waals surface area contributed by atoms with Crippen molar-refractivity contribution >= 4 is 5.91 Å². The molecule has 0 saturated carbocycles. The molecule has 0 aromatic heterocycles. The summed E-state index contributed by atoms with van der Waals surface area (Å²) in [6.07, 6.45) is 3.54. The van der Waals surface area contributed by atoms with E-state index in [1.54, 1.807) is 0 Å². The number of carbonyl (C=O) groups is 1. The average Bonchev–Trinajstić information content (AvgIpc) is 2.18. The lowest BCUT2D eigenvalue weighted by atomic mass is 9.97. The second-order valence-corrected chi connectivity index (χ2v) is 4.35. The van der Waals surface area contributed by atoms with Crippen LogP contribution in [0.1, 0.15) is 33.1 Å². The summed E-state index contributed by atoms with van der Waals surface area (Å²) in [4.78, 5) is 13.7. The topological polar surface area (TPSA) is 58.4 Å². The van der Waals surface area contributed by atoms with Gasteiger partial charge in [0.2, 0.25) is 5.91 Å². The standard InChI is InChI=1S/C11H23N3O/c1-3-13-11(15)8-14-7-5-4-6-10(14)9(2)12/h9-10H,3-8,12H2,1-2H3,(H,13,15). The van der Waals surface area contributed by atoms with Crippen LogP contribution in [0.25, 0.3) is 0 Å². The molecule has 1 fully saturated rings. The first kappa shape index (κ1) is 12.5. The van der Waals surface area contributed by atoms with E-state index >= 15 is 0 Å². The van der Waals surface area contributed by atoms with Crippen LogP contribution in [0.3, 0.4) is 0 Å². The number of rotatable bonds is 4. The zero-order valence-corrected chi connectivity index (χ0v) is 9.83. The molecule has 0 aromatic rings. The van der Waals surface area contributed by atoms with Gasteiger partial charge in [-0.1, -0.05) is 6.42 Å². The summed E-state index contributed by atoms with van der Waals surface area (Å²) >= 11 is 0. The zero-order valence-electron chi connectivity index (χ0n) is 9.83. The number of nitrogens with two attached hydrogens (primary N) is 1. The van der Waals surface area contributed by atoms with Crippen LogP contribution in [0.15, 0.2) is 0 Å². The van der Waals surface area contributed by atoms with Crippen LogP contribution in [0, 0.1) is 0 Å². The highest BCUT2D eigenvalue weighted by Gasteiger charge is 2.26. The Labute approximate surface area is 92.2 Å². The van der Waals surface area contributed by atoms with Gasteiger partial charge >= 0.3 is 0 Å². The number of piperidine rings is 1. The van der Waals surface area contributed by atoms with E-state index in [4.69, 9.17) is 5.73 Å². The fourth-order valence-corrected chi connectivity index (χ4v) is 2.25. The van der Waals surface area contributed by atoms with Gasteiger partial charge in [0.1, 0.15) is 0 Å². The van der Waals surface area contributed by atoms with Crippen LogP contribution in [0.2, 0.25) is 0 Å². The lowest BCUT2D eigenvalue weighted by Gasteiger charge is -2.37. The highest BCUT2D eigenvalue weighted by Crippen LogP contribution is 2.18. The molecule has 1 aliphatic rings. The number of carbonyl (C=O) groups excluding carboxylic acids is 1. The fraction of sp³-hybridized carbons (Fsp3) is 0.909. The van der Waals surface area contributed by atoms with E-state index in [0.29, 0.717) is 19.1 Å². The molecular weight excluding hydrogens is 190 g/mol. The predicted octanol–water partition coefficient (Wildman–Crippen LogP) is 0.324. The maximum atomic E-state index is 11.5. The molecule has 2 unspecified atom stereocenters. The van der Waals surface area contributed by atoms with Crippen molar-refractivity contribution in [3.05, 3.63) is 0 Å². The molecule has 1 heterocycles. The first-order valence-corrected chi connectivity index (χ1v) is 5.91. The Morgan fingerprint density at radius 1 is 1.60 bits per heavy atom. The van der Waals surface area contributed by atoms with Gasteiger partial charge < -0.3 is 11.1 Å².